The molecule has 3 aromatic heterocycles. The molecule has 0 radical (unpaired) electrons. The van der Waals surface area contributed by atoms with Crippen LogP contribution in [0.15, 0.2) is 44.3 Å². The number of benzene rings is 1. The monoisotopic (exact) mass is 547 g/mol. The average Bonchev–Trinajstić information content (AvgIpc) is 3.46. The molecule has 4 N–H and O–H groups in total. The molecule has 1 aromatic carbocycles. The molecule has 0 bridgehead atoms. The number of amides is 2. The van der Waals surface area contributed by atoms with E-state index in [0.717, 1.165) is 31.9 Å². The van der Waals surface area contributed by atoms with Gasteiger partial charge in [0.1, 0.15) is 5.69 Å². The lowest BCUT2D eigenvalue weighted by atomic mass is 10.3. The van der Waals surface area contributed by atoms with Crippen molar-refractivity contribution in [2.75, 3.05) is 5.32 Å². The van der Waals surface area contributed by atoms with Crippen LogP contribution in [0.25, 0.3) is 22.6 Å². The van der Waals surface area contributed by atoms with Crippen LogP contribution in [0.4, 0.5) is 23.7 Å². The van der Waals surface area contributed by atoms with Crippen molar-refractivity contribution in [1.29, 1.82) is 0 Å². The van der Waals surface area contributed by atoms with E-state index in [-0.39, 0.29) is 6.03 Å². The van der Waals surface area contributed by atoms with E-state index in [1.54, 1.807) is 16.8 Å². The van der Waals surface area contributed by atoms with E-state index in [0.29, 0.717) is 12.2 Å². The van der Waals surface area contributed by atoms with E-state index < -0.39 is 12.1 Å². The zero-order chi connectivity index (χ0) is 23.3. The number of carbonyl (C=O) groups is 2. The van der Waals surface area contributed by atoms with Crippen molar-refractivity contribution < 1.29 is 27.9 Å². The van der Waals surface area contributed by atoms with Gasteiger partial charge in [-0.2, -0.15) is 13.2 Å². The molecule has 0 saturated heterocycles. The second-order valence-electron chi connectivity index (χ2n) is 6.02. The summed E-state index contributed by atoms with van der Waals surface area (Å²) in [5, 5.41) is 16.7. The molecule has 4 aromatic rings. The Bertz CT molecular complexity index is 1220. The number of aliphatic carboxylic acids is 1. The number of hydrogen-bond acceptors (Lipinski definition) is 6. The van der Waals surface area contributed by atoms with E-state index in [9.17, 15) is 18.0 Å². The topological polar surface area (TPSA) is 120 Å². The second kappa shape index (κ2) is 10.1. The maximum Gasteiger partial charge on any atom is 0.490 e. The number of hydrogen-bond donors (Lipinski definition) is 4. The second-order valence-corrected chi connectivity index (χ2v) is 8.97. The van der Waals surface area contributed by atoms with Crippen molar-refractivity contribution in [3.8, 4) is 11.5 Å². The van der Waals surface area contributed by atoms with Crippen molar-refractivity contribution in [2.24, 2.45) is 0 Å². The Morgan fingerprint density at radius 1 is 1.25 bits per heavy atom. The molecule has 0 unspecified atom stereocenters. The first-order valence-electron chi connectivity index (χ1n) is 8.58. The smallest absolute Gasteiger partial charge is 0.475 e. The Morgan fingerprint density at radius 3 is 2.59 bits per heavy atom. The number of aromatic nitrogens is 3. The van der Waals surface area contributed by atoms with Crippen LogP contribution in [0.2, 0.25) is 0 Å². The average molecular weight is 548 g/mol. The lowest BCUT2D eigenvalue weighted by Gasteiger charge is -2.07. The third kappa shape index (κ3) is 6.27. The summed E-state index contributed by atoms with van der Waals surface area (Å²) in [6, 6.07) is 7.28. The largest absolute Gasteiger partial charge is 0.490 e. The first-order chi connectivity index (χ1) is 15.1. The lowest BCUT2D eigenvalue weighted by Crippen LogP contribution is -2.28. The number of nitrogens with one attached hydrogen (secondary N) is 3. The number of carboxylic acid groups (broad SMARTS) is 1. The standard InChI is InChI=1S/C16H12BrN5OS2.C2HF3O2/c17-14-9(3-4-25-14)6-18-16(23)20-10-1-2-11-12(5-10)22-15(21-11)13-7-24-8-19-13;3-2(4,5)1(6)7/h1-5,7-8H,6H2,(H,21,22)(H2,18,20,23);(H,6,7). The lowest BCUT2D eigenvalue weighted by molar-refractivity contribution is -0.192. The van der Waals surface area contributed by atoms with E-state index in [1.165, 1.54) is 11.3 Å². The Hall–Kier alpha value is -2.97. The Labute approximate surface area is 194 Å². The summed E-state index contributed by atoms with van der Waals surface area (Å²) in [4.78, 5) is 33.0. The van der Waals surface area contributed by atoms with Gasteiger partial charge >= 0.3 is 18.2 Å². The minimum Gasteiger partial charge on any atom is -0.475 e. The zero-order valence-corrected chi connectivity index (χ0v) is 19.0. The van der Waals surface area contributed by atoms with Gasteiger partial charge in [-0.15, -0.1) is 22.7 Å². The number of rotatable bonds is 4. The molecule has 14 heteroatoms. The van der Waals surface area contributed by atoms with E-state index >= 15 is 0 Å². The number of aromatic amines is 1. The summed E-state index contributed by atoms with van der Waals surface area (Å²) in [5.74, 6) is -2.03. The number of halogens is 4. The number of anilines is 1. The third-order valence-electron chi connectivity index (χ3n) is 3.79. The molecule has 2 amide bonds. The minimum absolute atomic E-state index is 0.253. The molecular formula is C18H13BrF3N5O3S2. The van der Waals surface area contributed by atoms with Crippen molar-refractivity contribution >= 4 is 67.3 Å². The summed E-state index contributed by atoms with van der Waals surface area (Å²) < 4.78 is 32.8. The highest BCUT2D eigenvalue weighted by atomic mass is 79.9. The number of alkyl halides is 3. The highest BCUT2D eigenvalue weighted by Gasteiger charge is 2.38. The number of thiophene rings is 1. The molecule has 4 rings (SSSR count). The zero-order valence-electron chi connectivity index (χ0n) is 15.7. The van der Waals surface area contributed by atoms with Crippen molar-refractivity contribution in [2.45, 2.75) is 12.7 Å². The Balaban J connectivity index is 0.000000360. The summed E-state index contributed by atoms with van der Waals surface area (Å²) in [5.41, 5.74) is 6.01. The number of H-pyrrole nitrogens is 1. The molecule has 0 saturated carbocycles. The summed E-state index contributed by atoms with van der Waals surface area (Å²) in [6.45, 7) is 0.468. The van der Waals surface area contributed by atoms with Crippen LogP contribution in [0.1, 0.15) is 5.56 Å². The molecule has 0 atom stereocenters. The predicted octanol–water partition coefficient (Wildman–Crippen LogP) is 5.47. The fraction of sp³-hybridized carbons (Fsp3) is 0.111. The van der Waals surface area contributed by atoms with Crippen molar-refractivity contribution in [3.05, 3.63) is 49.9 Å². The maximum atomic E-state index is 12.1. The number of fused-ring (bicyclic) bond motifs is 1. The van der Waals surface area contributed by atoms with Crippen LogP contribution in [0.5, 0.6) is 0 Å². The molecule has 0 aliphatic rings. The normalized spacial score (nSPS) is 11.0. The van der Waals surface area contributed by atoms with Crippen molar-refractivity contribution in [3.63, 3.8) is 0 Å². The Kier molecular flexibility index (Phi) is 7.48. The van der Waals surface area contributed by atoms with Crippen LogP contribution in [-0.4, -0.2) is 38.2 Å². The quantitative estimate of drug-likeness (QED) is 0.270. The van der Waals surface area contributed by atoms with Crippen LogP contribution in [0.3, 0.4) is 0 Å². The number of urea groups is 1. The van der Waals surface area contributed by atoms with E-state index in [1.807, 2.05) is 35.0 Å². The maximum absolute atomic E-state index is 12.1. The molecule has 0 spiro atoms. The molecule has 8 nitrogen and oxygen atoms in total. The van der Waals surface area contributed by atoms with Gasteiger partial charge in [0.25, 0.3) is 0 Å². The molecule has 32 heavy (non-hydrogen) atoms. The van der Waals surface area contributed by atoms with E-state index in [4.69, 9.17) is 9.90 Å². The number of carboxylic acids is 1. The number of imidazole rings is 1. The molecule has 0 aliphatic carbocycles. The van der Waals surface area contributed by atoms with Gasteiger partial charge in [0, 0.05) is 17.6 Å². The third-order valence-corrected chi connectivity index (χ3v) is 6.19. The fourth-order valence-corrected chi connectivity index (χ4v) is 4.11. The van der Waals surface area contributed by atoms with Crippen LogP contribution < -0.4 is 10.6 Å². The summed E-state index contributed by atoms with van der Waals surface area (Å²) in [6.07, 6.45) is -5.08. The minimum atomic E-state index is -5.08. The van der Waals surface area contributed by atoms with Gasteiger partial charge in [0.2, 0.25) is 0 Å². The molecular weight excluding hydrogens is 535 g/mol. The van der Waals surface area contributed by atoms with Gasteiger partial charge in [0.05, 0.1) is 20.3 Å². The summed E-state index contributed by atoms with van der Waals surface area (Å²) in [7, 11) is 0. The number of carbonyl (C=O) groups excluding carboxylic acids is 1. The van der Waals surface area contributed by atoms with Crippen LogP contribution in [-0.2, 0) is 11.3 Å². The first-order valence-corrected chi connectivity index (χ1v) is 11.2. The highest BCUT2D eigenvalue weighted by Crippen LogP contribution is 2.24. The first kappa shape index (κ1) is 23.7. The van der Waals surface area contributed by atoms with Gasteiger partial charge in [-0.3, -0.25) is 0 Å². The van der Waals surface area contributed by atoms with Crippen LogP contribution >= 0.6 is 38.6 Å². The molecule has 3 heterocycles. The van der Waals surface area contributed by atoms with Gasteiger partial charge in [0.15, 0.2) is 5.82 Å². The van der Waals surface area contributed by atoms with Gasteiger partial charge in [-0.05, 0) is 51.1 Å². The predicted molar refractivity (Wildman–Crippen MR) is 119 cm³/mol. The molecule has 0 fully saturated rings. The van der Waals surface area contributed by atoms with Gasteiger partial charge < -0.3 is 20.7 Å². The Morgan fingerprint density at radius 2 is 2.00 bits per heavy atom. The van der Waals surface area contributed by atoms with Crippen molar-refractivity contribution in [1.82, 2.24) is 20.3 Å². The fourth-order valence-electron chi connectivity index (χ4n) is 2.33. The number of nitrogens with zero attached hydrogens (tertiary/aromatic N) is 2. The van der Waals surface area contributed by atoms with Gasteiger partial charge in [-0.1, -0.05) is 0 Å². The van der Waals surface area contributed by atoms with E-state index in [2.05, 4.69) is 41.5 Å². The molecule has 0 aliphatic heterocycles. The highest BCUT2D eigenvalue weighted by molar-refractivity contribution is 9.11. The van der Waals surface area contributed by atoms with Crippen LogP contribution in [0, 0.1) is 0 Å². The summed E-state index contributed by atoms with van der Waals surface area (Å²) >= 11 is 6.57. The SMILES string of the molecule is O=C(NCc1ccsc1Br)Nc1ccc2nc(-c3cscn3)[nH]c2c1.O=C(O)C(F)(F)F. The van der Waals surface area contributed by atoms with Gasteiger partial charge in [-0.25, -0.2) is 19.6 Å². The number of thiazole rings is 1. The molecule has 168 valence electrons.